The van der Waals surface area contributed by atoms with Crippen LogP contribution in [0.3, 0.4) is 0 Å². The lowest BCUT2D eigenvalue weighted by Gasteiger charge is -2.32. The molecule has 1 saturated carbocycles. The molecule has 2 heterocycles. The first kappa shape index (κ1) is 18.5. The average molecular weight is 403 g/mol. The molecule has 1 aliphatic carbocycles. The van der Waals surface area contributed by atoms with Gasteiger partial charge in [-0.1, -0.05) is 43.2 Å². The third-order valence-corrected chi connectivity index (χ3v) is 6.04. The number of hydrogen-bond donors (Lipinski definition) is 2. The average Bonchev–Trinajstić information content (AvgIpc) is 3.46. The number of ketones is 1. The Kier molecular flexibility index (Phi) is 4.35. The molecule has 152 valence electrons. The highest BCUT2D eigenvalue weighted by atomic mass is 16.3. The predicted octanol–water partition coefficient (Wildman–Crippen LogP) is 4.66. The molecule has 1 aromatic heterocycles. The second-order valence-corrected chi connectivity index (χ2v) is 7.89. The number of nitrogens with zero attached hydrogens (tertiary/aromatic N) is 1. The summed E-state index contributed by atoms with van der Waals surface area (Å²) in [6.45, 7) is 0. The van der Waals surface area contributed by atoms with E-state index in [1.54, 1.807) is 29.2 Å². The van der Waals surface area contributed by atoms with Gasteiger partial charge >= 0.3 is 0 Å². The van der Waals surface area contributed by atoms with Crippen molar-refractivity contribution in [3.63, 3.8) is 0 Å². The third-order valence-electron chi connectivity index (χ3n) is 6.04. The molecular weight excluding hydrogens is 382 g/mol. The second-order valence-electron chi connectivity index (χ2n) is 7.89. The Bertz CT molecular complexity index is 1150. The summed E-state index contributed by atoms with van der Waals surface area (Å²) in [6, 6.07) is 14.5. The summed E-state index contributed by atoms with van der Waals surface area (Å²) < 4.78 is 5.72. The van der Waals surface area contributed by atoms with Crippen LogP contribution in [0, 0.1) is 0 Å². The lowest BCUT2D eigenvalue weighted by atomic mass is 9.94. The van der Waals surface area contributed by atoms with E-state index in [9.17, 15) is 19.8 Å². The monoisotopic (exact) mass is 403 g/mol. The maximum Gasteiger partial charge on any atom is 0.290 e. The molecule has 3 aromatic rings. The quantitative estimate of drug-likeness (QED) is 0.618. The first-order chi connectivity index (χ1) is 14.5. The molecular formula is C24H21NO5. The van der Waals surface area contributed by atoms with Gasteiger partial charge in [0, 0.05) is 11.4 Å². The molecule has 2 aromatic carbocycles. The molecule has 0 saturated heterocycles. The number of fused-ring (bicyclic) bond motifs is 1. The van der Waals surface area contributed by atoms with Gasteiger partial charge in [0.1, 0.15) is 11.3 Å². The standard InChI is InChI=1S/C24H21NO5/c26-17-10-5-7-15(12-17)21-20(23(28)24(29)25(21)16-8-2-3-9-16)22(27)19-13-14-6-1-4-11-18(14)30-19/h1,4-7,10-13,16,21,26,28H,2-3,8-9H2. The van der Waals surface area contributed by atoms with E-state index in [-0.39, 0.29) is 23.1 Å². The normalized spacial score (nSPS) is 19.9. The van der Waals surface area contributed by atoms with E-state index < -0.39 is 23.5 Å². The minimum absolute atomic E-state index is 0.00319. The van der Waals surface area contributed by atoms with Gasteiger partial charge in [0.15, 0.2) is 11.5 Å². The van der Waals surface area contributed by atoms with E-state index in [1.807, 2.05) is 18.2 Å². The number of hydrogen-bond acceptors (Lipinski definition) is 5. The summed E-state index contributed by atoms with van der Waals surface area (Å²) in [7, 11) is 0. The van der Waals surface area contributed by atoms with Crippen molar-refractivity contribution >= 4 is 22.7 Å². The first-order valence-electron chi connectivity index (χ1n) is 10.1. The number of phenols is 1. The molecule has 0 bridgehead atoms. The molecule has 1 unspecified atom stereocenters. The largest absolute Gasteiger partial charge is 0.508 e. The second kappa shape index (κ2) is 7.06. The summed E-state index contributed by atoms with van der Waals surface area (Å²) in [4.78, 5) is 28.1. The Hall–Kier alpha value is -3.54. The van der Waals surface area contributed by atoms with Crippen molar-refractivity contribution in [3.8, 4) is 5.75 Å². The van der Waals surface area contributed by atoms with Gasteiger partial charge in [0.2, 0.25) is 5.78 Å². The molecule has 1 aliphatic heterocycles. The van der Waals surface area contributed by atoms with Crippen LogP contribution in [0.1, 0.15) is 47.8 Å². The molecule has 5 rings (SSSR count). The fourth-order valence-corrected chi connectivity index (χ4v) is 4.66. The third kappa shape index (κ3) is 2.87. The Morgan fingerprint density at radius 3 is 2.50 bits per heavy atom. The van der Waals surface area contributed by atoms with Crippen molar-refractivity contribution in [1.82, 2.24) is 4.90 Å². The van der Waals surface area contributed by atoms with Crippen LogP contribution in [0.25, 0.3) is 11.0 Å². The van der Waals surface area contributed by atoms with Crippen LogP contribution in [0.2, 0.25) is 0 Å². The van der Waals surface area contributed by atoms with Crippen molar-refractivity contribution in [1.29, 1.82) is 0 Å². The zero-order valence-electron chi connectivity index (χ0n) is 16.2. The van der Waals surface area contributed by atoms with E-state index in [0.717, 1.165) is 31.1 Å². The molecule has 30 heavy (non-hydrogen) atoms. The van der Waals surface area contributed by atoms with Gasteiger partial charge in [-0.2, -0.15) is 0 Å². The Morgan fingerprint density at radius 1 is 1.00 bits per heavy atom. The Morgan fingerprint density at radius 2 is 1.77 bits per heavy atom. The van der Waals surface area contributed by atoms with Gasteiger partial charge in [-0.3, -0.25) is 9.59 Å². The van der Waals surface area contributed by atoms with E-state index in [0.29, 0.717) is 11.1 Å². The highest BCUT2D eigenvalue weighted by Crippen LogP contribution is 2.44. The molecule has 1 amide bonds. The number of aliphatic hydroxyl groups is 1. The highest BCUT2D eigenvalue weighted by molar-refractivity contribution is 6.16. The SMILES string of the molecule is O=C(C1=C(O)C(=O)N(C2CCCC2)C1c1cccc(O)c1)c1cc2ccccc2o1. The lowest BCUT2D eigenvalue weighted by Crippen LogP contribution is -2.38. The van der Waals surface area contributed by atoms with Gasteiger partial charge in [-0.05, 0) is 42.7 Å². The van der Waals surface area contributed by atoms with Crippen molar-refractivity contribution < 1.29 is 24.2 Å². The smallest absolute Gasteiger partial charge is 0.290 e. The molecule has 6 nitrogen and oxygen atoms in total. The van der Waals surface area contributed by atoms with Crippen LogP contribution in [0.4, 0.5) is 0 Å². The van der Waals surface area contributed by atoms with Crippen LogP contribution in [0.5, 0.6) is 5.75 Å². The van der Waals surface area contributed by atoms with Gasteiger partial charge in [0.25, 0.3) is 5.91 Å². The maximum absolute atomic E-state index is 13.4. The van der Waals surface area contributed by atoms with E-state index >= 15 is 0 Å². The number of benzene rings is 2. The number of carbonyl (C=O) groups excluding carboxylic acids is 2. The van der Waals surface area contributed by atoms with E-state index in [4.69, 9.17) is 4.42 Å². The zero-order chi connectivity index (χ0) is 20.8. The molecule has 0 radical (unpaired) electrons. The number of phenolic OH excluding ortho intramolecular Hbond substituents is 1. The van der Waals surface area contributed by atoms with Gasteiger partial charge in [-0.15, -0.1) is 0 Å². The molecule has 2 N–H and O–H groups in total. The topological polar surface area (TPSA) is 91.0 Å². The number of Topliss-reactive ketones (excluding diaryl/α,β-unsaturated/α-hetero) is 1. The zero-order valence-corrected chi connectivity index (χ0v) is 16.2. The van der Waals surface area contributed by atoms with Crippen LogP contribution in [-0.4, -0.2) is 32.8 Å². The molecule has 6 heteroatoms. The summed E-state index contributed by atoms with van der Waals surface area (Å²) in [5.41, 5.74) is 1.14. The number of furan rings is 1. The summed E-state index contributed by atoms with van der Waals surface area (Å²) in [5, 5.41) is 21.5. The van der Waals surface area contributed by atoms with Gasteiger partial charge in [-0.25, -0.2) is 0 Å². The minimum Gasteiger partial charge on any atom is -0.508 e. The number of aromatic hydroxyl groups is 1. The van der Waals surface area contributed by atoms with E-state index in [1.165, 1.54) is 12.1 Å². The summed E-state index contributed by atoms with van der Waals surface area (Å²) >= 11 is 0. The number of para-hydroxylation sites is 1. The predicted molar refractivity (Wildman–Crippen MR) is 110 cm³/mol. The van der Waals surface area contributed by atoms with Crippen LogP contribution >= 0.6 is 0 Å². The fraction of sp³-hybridized carbons (Fsp3) is 0.250. The van der Waals surface area contributed by atoms with Crippen molar-refractivity contribution in [2.24, 2.45) is 0 Å². The molecule has 0 spiro atoms. The summed E-state index contributed by atoms with van der Waals surface area (Å²) in [6.07, 6.45) is 3.63. The van der Waals surface area contributed by atoms with Gasteiger partial charge < -0.3 is 19.5 Å². The first-order valence-corrected chi connectivity index (χ1v) is 10.1. The fourth-order valence-electron chi connectivity index (χ4n) is 4.66. The number of rotatable bonds is 4. The van der Waals surface area contributed by atoms with Crippen LogP contribution in [0.15, 0.2) is 70.3 Å². The highest BCUT2D eigenvalue weighted by Gasteiger charge is 2.47. The number of amides is 1. The van der Waals surface area contributed by atoms with Crippen molar-refractivity contribution in [3.05, 3.63) is 77.3 Å². The van der Waals surface area contributed by atoms with Crippen molar-refractivity contribution in [2.45, 2.75) is 37.8 Å². The van der Waals surface area contributed by atoms with Crippen LogP contribution < -0.4 is 0 Å². The maximum atomic E-state index is 13.4. The van der Waals surface area contributed by atoms with Crippen molar-refractivity contribution in [2.75, 3.05) is 0 Å². The van der Waals surface area contributed by atoms with Gasteiger partial charge in [0.05, 0.1) is 11.6 Å². The molecule has 1 atom stereocenters. The summed E-state index contributed by atoms with van der Waals surface area (Å²) in [5.74, 6) is -1.50. The molecule has 2 aliphatic rings. The lowest BCUT2D eigenvalue weighted by molar-refractivity contribution is -0.131. The minimum atomic E-state index is -0.770. The number of aliphatic hydroxyl groups excluding tert-OH is 1. The Labute approximate surface area is 173 Å². The Balaban J connectivity index is 1.63. The molecule has 1 fully saturated rings. The van der Waals surface area contributed by atoms with Crippen LogP contribution in [-0.2, 0) is 4.79 Å². The van der Waals surface area contributed by atoms with E-state index in [2.05, 4.69) is 0 Å². The number of carbonyl (C=O) groups is 2.